The molecule has 6 rings (SSSR count). The van der Waals surface area contributed by atoms with Gasteiger partial charge in [0.05, 0.1) is 40.9 Å². The van der Waals surface area contributed by atoms with E-state index in [1.807, 2.05) is 117 Å². The highest BCUT2D eigenvalue weighted by Gasteiger charge is 2.38. The van der Waals surface area contributed by atoms with Crippen molar-refractivity contribution >= 4 is 34.7 Å². The normalized spacial score (nSPS) is 13.5. The van der Waals surface area contributed by atoms with Crippen LogP contribution in [0.15, 0.2) is 116 Å². The van der Waals surface area contributed by atoms with E-state index in [4.69, 9.17) is 28.0 Å². The Morgan fingerprint density at radius 2 is 1.17 bits per heavy atom. The fourth-order valence-corrected chi connectivity index (χ4v) is 7.22. The number of aryl methyl sites for hydroxylation is 2. The van der Waals surface area contributed by atoms with E-state index < -0.39 is 22.8 Å². The lowest BCUT2D eigenvalue weighted by Crippen LogP contribution is -2.37. The summed E-state index contributed by atoms with van der Waals surface area (Å²) in [6.07, 6.45) is 2.66. The molecule has 6 aromatic rings. The standard InChI is InChI=1S/C27H32N2O5.C23H26N2O5S/c1-5-16-33-29-20(3)27(4,26(30)31)18-21-11-13-23(14-12-21)32-17-15-24-19(2)34-25(28-24)22-9-7-6-8-10-22;1-15-19(24-21(30-15)20-6-5-13-31-20)11-12-29-18-9-7-17(8-10-18)14-23(3,22(26)27)16(2)25-28-4/h6-14H,5,15-18H2,1-4H3,(H,30,31);5-10,13H,11-12,14H2,1-4H3,(H,26,27). The lowest BCUT2D eigenvalue weighted by Gasteiger charge is -2.24. The molecule has 0 saturated carbocycles. The molecule has 3 aromatic carbocycles. The van der Waals surface area contributed by atoms with Gasteiger partial charge in [-0.3, -0.25) is 9.59 Å². The highest BCUT2D eigenvalue weighted by Crippen LogP contribution is 2.30. The van der Waals surface area contributed by atoms with Crippen molar-refractivity contribution in [2.75, 3.05) is 26.9 Å². The summed E-state index contributed by atoms with van der Waals surface area (Å²) in [5, 5.41) is 29.3. The molecule has 0 radical (unpaired) electrons. The van der Waals surface area contributed by atoms with Crippen LogP contribution in [0.5, 0.6) is 11.5 Å². The molecule has 2 atom stereocenters. The van der Waals surface area contributed by atoms with Gasteiger partial charge in [-0.2, -0.15) is 0 Å². The van der Waals surface area contributed by atoms with E-state index in [9.17, 15) is 19.8 Å². The van der Waals surface area contributed by atoms with Crippen molar-refractivity contribution in [1.29, 1.82) is 0 Å². The van der Waals surface area contributed by atoms with Crippen molar-refractivity contribution < 1.29 is 47.8 Å². The van der Waals surface area contributed by atoms with E-state index in [2.05, 4.69) is 20.3 Å². The largest absolute Gasteiger partial charge is 0.493 e. The number of thiophene rings is 1. The van der Waals surface area contributed by atoms with Gasteiger partial charge in [0, 0.05) is 18.4 Å². The number of carboxylic acids is 2. The first-order valence-corrected chi connectivity index (χ1v) is 22.2. The number of oxime groups is 2. The van der Waals surface area contributed by atoms with Gasteiger partial charge in [0.1, 0.15) is 47.6 Å². The second-order valence-corrected chi connectivity index (χ2v) is 16.8. The number of oxazole rings is 2. The molecular formula is C50H58N4O10S. The van der Waals surface area contributed by atoms with E-state index >= 15 is 0 Å². The number of hydrogen-bond acceptors (Lipinski definition) is 13. The van der Waals surface area contributed by atoms with Gasteiger partial charge in [0.25, 0.3) is 0 Å². The van der Waals surface area contributed by atoms with Crippen LogP contribution in [-0.2, 0) is 44.9 Å². The predicted octanol–water partition coefficient (Wildman–Crippen LogP) is 10.7. The van der Waals surface area contributed by atoms with Crippen molar-refractivity contribution in [3.8, 4) is 33.7 Å². The molecule has 3 heterocycles. The quantitative estimate of drug-likeness (QED) is 0.0373. The zero-order valence-electron chi connectivity index (χ0n) is 38.3. The van der Waals surface area contributed by atoms with Crippen LogP contribution in [0.3, 0.4) is 0 Å². The second-order valence-electron chi connectivity index (χ2n) is 15.9. The molecule has 344 valence electrons. The molecule has 0 aliphatic heterocycles. The smallest absolute Gasteiger partial charge is 0.315 e. The van der Waals surface area contributed by atoms with Gasteiger partial charge in [-0.15, -0.1) is 11.3 Å². The molecule has 0 aliphatic rings. The van der Waals surface area contributed by atoms with Crippen LogP contribution < -0.4 is 9.47 Å². The number of carboxylic acid groups (broad SMARTS) is 2. The van der Waals surface area contributed by atoms with E-state index in [1.165, 1.54) is 7.11 Å². The Labute approximate surface area is 383 Å². The average Bonchev–Trinajstić information content (AvgIpc) is 4.06. The summed E-state index contributed by atoms with van der Waals surface area (Å²) < 4.78 is 23.3. The van der Waals surface area contributed by atoms with Gasteiger partial charge in [0.2, 0.25) is 11.8 Å². The molecule has 0 aliphatic carbocycles. The summed E-state index contributed by atoms with van der Waals surface area (Å²) in [7, 11) is 1.40. The summed E-state index contributed by atoms with van der Waals surface area (Å²) in [6.45, 7) is 13.8. The Bertz CT molecular complexity index is 2500. The molecule has 0 bridgehead atoms. The van der Waals surface area contributed by atoms with E-state index in [0.29, 0.717) is 80.2 Å². The molecule has 2 N–H and O–H groups in total. The molecule has 0 saturated heterocycles. The van der Waals surface area contributed by atoms with Crippen LogP contribution in [-0.4, -0.2) is 70.5 Å². The molecule has 3 aromatic heterocycles. The SMILES string of the molecule is CCCON=C(C)C(C)(Cc1ccc(OCCc2nc(-c3ccccc3)oc2C)cc1)C(=O)O.CON=C(C)C(C)(Cc1ccc(OCCc2nc(-c3cccs3)oc2C)cc1)C(=O)O. The van der Waals surface area contributed by atoms with Crippen LogP contribution in [0.1, 0.15) is 75.1 Å². The predicted molar refractivity (Wildman–Crippen MR) is 251 cm³/mol. The highest BCUT2D eigenvalue weighted by atomic mass is 32.1. The number of nitrogens with zero attached hydrogens (tertiary/aromatic N) is 4. The molecule has 2 unspecified atom stereocenters. The Kier molecular flexibility index (Phi) is 17.6. The fraction of sp³-hybridized carbons (Fsp3) is 0.360. The van der Waals surface area contributed by atoms with Crippen LogP contribution in [0.2, 0.25) is 0 Å². The third-order valence-electron chi connectivity index (χ3n) is 11.0. The van der Waals surface area contributed by atoms with E-state index in [-0.39, 0.29) is 0 Å². The third kappa shape index (κ3) is 13.4. The minimum atomic E-state index is -1.16. The molecule has 0 amide bonds. The summed E-state index contributed by atoms with van der Waals surface area (Å²) in [4.78, 5) is 43.9. The van der Waals surface area contributed by atoms with Crippen LogP contribution in [0, 0.1) is 24.7 Å². The maximum atomic E-state index is 12.0. The number of carbonyl (C=O) groups is 2. The Balaban J connectivity index is 0.000000245. The van der Waals surface area contributed by atoms with Crippen molar-refractivity contribution in [1.82, 2.24) is 9.97 Å². The first-order valence-electron chi connectivity index (χ1n) is 21.3. The summed E-state index contributed by atoms with van der Waals surface area (Å²) >= 11 is 1.59. The van der Waals surface area contributed by atoms with Gasteiger partial charge in [0.15, 0.2) is 0 Å². The molecule has 0 fully saturated rings. The lowest BCUT2D eigenvalue weighted by molar-refractivity contribution is -0.145. The zero-order valence-corrected chi connectivity index (χ0v) is 39.1. The van der Waals surface area contributed by atoms with Crippen molar-refractivity contribution in [2.24, 2.45) is 21.1 Å². The van der Waals surface area contributed by atoms with E-state index in [1.54, 1.807) is 39.0 Å². The van der Waals surface area contributed by atoms with Crippen LogP contribution in [0.25, 0.3) is 22.2 Å². The molecule has 14 nitrogen and oxygen atoms in total. The first kappa shape index (κ1) is 49.3. The van der Waals surface area contributed by atoms with Crippen LogP contribution in [0.4, 0.5) is 0 Å². The van der Waals surface area contributed by atoms with Gasteiger partial charge in [-0.1, -0.05) is 65.8 Å². The molecule has 0 spiro atoms. The summed E-state index contributed by atoms with van der Waals surface area (Å²) in [5.41, 5.74) is 2.98. The van der Waals surface area contributed by atoms with E-state index in [0.717, 1.165) is 50.9 Å². The van der Waals surface area contributed by atoms with Crippen molar-refractivity contribution in [2.45, 2.75) is 80.6 Å². The molecule has 65 heavy (non-hydrogen) atoms. The zero-order chi connectivity index (χ0) is 47.0. The topological polar surface area (TPSA) is 188 Å². The Hall–Kier alpha value is -6.74. The fourth-order valence-electron chi connectivity index (χ4n) is 6.57. The first-order chi connectivity index (χ1) is 31.2. The van der Waals surface area contributed by atoms with Gasteiger partial charge in [-0.05, 0) is 120 Å². The summed E-state index contributed by atoms with van der Waals surface area (Å²) in [5.74, 6) is 2.36. The molecule has 15 heteroatoms. The van der Waals surface area contributed by atoms with Crippen molar-refractivity contribution in [3.05, 3.63) is 130 Å². The number of ether oxygens (including phenoxy) is 2. The minimum Gasteiger partial charge on any atom is -0.493 e. The number of aromatic nitrogens is 2. The maximum Gasteiger partial charge on any atom is 0.315 e. The Morgan fingerprint density at radius 1 is 0.677 bits per heavy atom. The number of benzene rings is 3. The number of aliphatic carboxylic acids is 2. The second kappa shape index (κ2) is 23.3. The number of hydrogen-bond donors (Lipinski definition) is 2. The lowest BCUT2D eigenvalue weighted by atomic mass is 9.80. The van der Waals surface area contributed by atoms with Crippen molar-refractivity contribution in [3.63, 3.8) is 0 Å². The third-order valence-corrected chi connectivity index (χ3v) is 11.8. The van der Waals surface area contributed by atoms with Crippen LogP contribution >= 0.6 is 11.3 Å². The maximum absolute atomic E-state index is 12.0. The molecular weight excluding hydrogens is 849 g/mol. The number of rotatable bonds is 22. The average molecular weight is 907 g/mol. The van der Waals surface area contributed by atoms with Gasteiger partial charge in [-0.25, -0.2) is 9.97 Å². The minimum absolute atomic E-state index is 0.297. The Morgan fingerprint density at radius 3 is 1.63 bits per heavy atom. The monoisotopic (exact) mass is 906 g/mol. The summed E-state index contributed by atoms with van der Waals surface area (Å²) in [6, 6.07) is 28.6. The highest BCUT2D eigenvalue weighted by molar-refractivity contribution is 7.13. The van der Waals surface area contributed by atoms with Gasteiger partial charge < -0.3 is 38.2 Å². The van der Waals surface area contributed by atoms with Gasteiger partial charge >= 0.3 is 11.9 Å².